The molecule has 4 rings (SSSR count). The van der Waals surface area contributed by atoms with Crippen LogP contribution < -0.4 is 9.64 Å². The number of hydrogen-bond acceptors (Lipinski definition) is 5. The van der Waals surface area contributed by atoms with Gasteiger partial charge in [0.05, 0.1) is 18.8 Å². The minimum Gasteiger partial charge on any atom is -0.485 e. The second-order valence-electron chi connectivity index (χ2n) is 8.17. The number of aromatic nitrogens is 1. The van der Waals surface area contributed by atoms with E-state index in [-0.39, 0.29) is 24.3 Å². The Balaban J connectivity index is 1.34. The highest BCUT2D eigenvalue weighted by atomic mass is 16.5. The molecule has 7 nitrogen and oxygen atoms in total. The molecular weight excluding hydrogens is 380 g/mol. The number of benzene rings is 1. The van der Waals surface area contributed by atoms with Gasteiger partial charge in [-0.15, -0.1) is 0 Å². The van der Waals surface area contributed by atoms with Crippen molar-refractivity contribution in [2.75, 3.05) is 51.2 Å². The van der Waals surface area contributed by atoms with E-state index in [2.05, 4.69) is 22.9 Å². The molecule has 0 aliphatic carbocycles. The zero-order valence-electron chi connectivity index (χ0n) is 17.8. The van der Waals surface area contributed by atoms with Gasteiger partial charge in [0.1, 0.15) is 17.5 Å². The number of anilines is 1. The number of H-pyrrole nitrogens is 1. The maximum atomic E-state index is 12.7. The van der Waals surface area contributed by atoms with Crippen molar-refractivity contribution in [3.05, 3.63) is 47.8 Å². The number of likely N-dealkylation sites (tertiary alicyclic amines) is 1. The van der Waals surface area contributed by atoms with Crippen LogP contribution in [-0.2, 0) is 0 Å². The highest BCUT2D eigenvalue weighted by Gasteiger charge is 2.26. The lowest BCUT2D eigenvalue weighted by Gasteiger charge is -2.37. The van der Waals surface area contributed by atoms with Crippen LogP contribution in [-0.4, -0.2) is 78.9 Å². The molecule has 1 unspecified atom stereocenters. The number of likely N-dealkylation sites (N-methyl/N-ethyl adjacent to an activating group) is 2. The molecule has 0 radical (unpaired) electrons. The molecule has 1 aromatic heterocycles. The Labute approximate surface area is 177 Å². The average molecular weight is 411 g/mol. The highest BCUT2D eigenvalue weighted by molar-refractivity contribution is 6.01. The van der Waals surface area contributed by atoms with E-state index in [4.69, 9.17) is 4.74 Å². The fourth-order valence-electron chi connectivity index (χ4n) is 4.29. The van der Waals surface area contributed by atoms with Crippen LogP contribution in [0.3, 0.4) is 0 Å². The zero-order chi connectivity index (χ0) is 21.1. The Kier molecular flexibility index (Phi) is 6.08. The van der Waals surface area contributed by atoms with Crippen LogP contribution in [0.2, 0.25) is 0 Å². The summed E-state index contributed by atoms with van der Waals surface area (Å²) in [5.41, 5.74) is 2.17. The molecule has 0 bridgehead atoms. The molecule has 1 aromatic carbocycles. The van der Waals surface area contributed by atoms with Crippen molar-refractivity contribution in [2.24, 2.45) is 0 Å². The molecule has 3 heterocycles. The van der Waals surface area contributed by atoms with Crippen LogP contribution in [0.5, 0.6) is 5.75 Å². The van der Waals surface area contributed by atoms with E-state index in [1.165, 1.54) is 0 Å². The summed E-state index contributed by atoms with van der Waals surface area (Å²) in [4.78, 5) is 34.3. The number of carbonyl (C=O) groups is 2. The van der Waals surface area contributed by atoms with E-state index < -0.39 is 0 Å². The van der Waals surface area contributed by atoms with Crippen LogP contribution in [0.4, 0.5) is 5.69 Å². The summed E-state index contributed by atoms with van der Waals surface area (Å²) in [5, 5.41) is 0. The molecular formula is C23H30N4O3. The predicted octanol–water partition coefficient (Wildman–Crippen LogP) is 2.65. The van der Waals surface area contributed by atoms with E-state index in [9.17, 15) is 9.59 Å². The largest absolute Gasteiger partial charge is 0.485 e. The third kappa shape index (κ3) is 4.36. The SMILES string of the molecule is CCN1CC(CN(C)CC(=O)c2c[nH]c(C(=O)N3CCCC3)c2)Oc2ccccc21. The second-order valence-corrected chi connectivity index (χ2v) is 8.17. The molecule has 2 aliphatic heterocycles. The van der Waals surface area contributed by atoms with Gasteiger partial charge in [-0.2, -0.15) is 0 Å². The van der Waals surface area contributed by atoms with E-state index in [1.807, 2.05) is 35.0 Å². The van der Waals surface area contributed by atoms with Crippen molar-refractivity contribution in [3.63, 3.8) is 0 Å². The monoisotopic (exact) mass is 410 g/mol. The number of aromatic amines is 1. The maximum Gasteiger partial charge on any atom is 0.270 e. The van der Waals surface area contributed by atoms with Gasteiger partial charge >= 0.3 is 0 Å². The molecule has 1 N–H and O–H groups in total. The van der Waals surface area contributed by atoms with Gasteiger partial charge in [-0.1, -0.05) is 12.1 Å². The van der Waals surface area contributed by atoms with Crippen molar-refractivity contribution in [1.82, 2.24) is 14.8 Å². The number of carbonyl (C=O) groups excluding carboxylic acids is 2. The first kappa shape index (κ1) is 20.5. The number of para-hydroxylation sites is 2. The number of ether oxygens (including phenoxy) is 1. The lowest BCUT2D eigenvalue weighted by atomic mass is 10.1. The number of nitrogens with one attached hydrogen (secondary N) is 1. The fourth-order valence-corrected chi connectivity index (χ4v) is 4.29. The molecule has 2 aliphatic rings. The molecule has 0 saturated carbocycles. The standard InChI is InChI=1S/C23H30N4O3/c1-3-26-15-18(30-22-9-5-4-8-20(22)26)14-25(2)16-21(28)17-12-19(24-13-17)23(29)27-10-6-7-11-27/h4-5,8-9,12-13,18,24H,3,6-7,10-11,14-16H2,1-2H3. The fraction of sp³-hybridized carbons (Fsp3) is 0.478. The third-order valence-corrected chi connectivity index (χ3v) is 5.86. The van der Waals surface area contributed by atoms with Crippen molar-refractivity contribution in [1.29, 1.82) is 0 Å². The van der Waals surface area contributed by atoms with E-state index >= 15 is 0 Å². The van der Waals surface area contributed by atoms with Gasteiger partial charge in [0.15, 0.2) is 5.78 Å². The number of fused-ring (bicyclic) bond motifs is 1. The maximum absolute atomic E-state index is 12.7. The average Bonchev–Trinajstić information content (AvgIpc) is 3.45. The van der Waals surface area contributed by atoms with Gasteiger partial charge in [-0.25, -0.2) is 0 Å². The number of hydrogen-bond donors (Lipinski definition) is 1. The minimum atomic E-state index is -0.0196. The van der Waals surface area contributed by atoms with E-state index in [1.54, 1.807) is 12.3 Å². The lowest BCUT2D eigenvalue weighted by Crippen LogP contribution is -2.46. The van der Waals surface area contributed by atoms with Gasteiger partial charge in [-0.05, 0) is 45.0 Å². The first-order valence-electron chi connectivity index (χ1n) is 10.7. The number of rotatable bonds is 7. The minimum absolute atomic E-state index is 0.00206. The van der Waals surface area contributed by atoms with Gasteiger partial charge in [0.2, 0.25) is 0 Å². The van der Waals surface area contributed by atoms with Crippen molar-refractivity contribution in [3.8, 4) is 5.75 Å². The summed E-state index contributed by atoms with van der Waals surface area (Å²) in [5.74, 6) is 0.873. The van der Waals surface area contributed by atoms with Crippen LogP contribution in [0.15, 0.2) is 36.5 Å². The summed E-state index contributed by atoms with van der Waals surface area (Å²) < 4.78 is 6.16. The lowest BCUT2D eigenvalue weighted by molar-refractivity contribution is 0.0787. The quantitative estimate of drug-likeness (QED) is 0.711. The van der Waals surface area contributed by atoms with E-state index in [0.29, 0.717) is 17.8 Å². The molecule has 2 aromatic rings. The smallest absolute Gasteiger partial charge is 0.270 e. The molecule has 1 fully saturated rings. The normalized spacial score (nSPS) is 18.4. The van der Waals surface area contributed by atoms with Crippen molar-refractivity contribution < 1.29 is 14.3 Å². The number of ketones is 1. The molecule has 1 atom stereocenters. The summed E-state index contributed by atoms with van der Waals surface area (Å²) in [6.45, 7) is 6.37. The summed E-state index contributed by atoms with van der Waals surface area (Å²) >= 11 is 0. The summed E-state index contributed by atoms with van der Waals surface area (Å²) in [6.07, 6.45) is 3.74. The number of nitrogens with zero attached hydrogens (tertiary/aromatic N) is 3. The van der Waals surface area contributed by atoms with Gasteiger partial charge in [0, 0.05) is 37.9 Å². The first-order chi connectivity index (χ1) is 14.5. The molecule has 1 amide bonds. The van der Waals surface area contributed by atoms with Crippen LogP contribution >= 0.6 is 0 Å². The number of Topliss-reactive ketones (excluding diaryl/α,β-unsaturated/α-hetero) is 1. The van der Waals surface area contributed by atoms with Crippen molar-refractivity contribution >= 4 is 17.4 Å². The summed E-state index contributed by atoms with van der Waals surface area (Å²) in [7, 11) is 1.93. The molecule has 1 saturated heterocycles. The molecule has 30 heavy (non-hydrogen) atoms. The van der Waals surface area contributed by atoms with Gasteiger partial charge < -0.3 is 19.5 Å². The van der Waals surface area contributed by atoms with Crippen LogP contribution in [0.25, 0.3) is 0 Å². The Hall–Kier alpha value is -2.80. The van der Waals surface area contributed by atoms with Gasteiger partial charge in [-0.3, -0.25) is 14.5 Å². The van der Waals surface area contributed by atoms with E-state index in [0.717, 1.165) is 50.5 Å². The Morgan fingerprint density at radius 2 is 2.00 bits per heavy atom. The van der Waals surface area contributed by atoms with Crippen LogP contribution in [0, 0.1) is 0 Å². The number of amides is 1. The molecule has 7 heteroatoms. The third-order valence-electron chi connectivity index (χ3n) is 5.86. The van der Waals surface area contributed by atoms with Crippen molar-refractivity contribution in [2.45, 2.75) is 25.9 Å². The second kappa shape index (κ2) is 8.92. The predicted molar refractivity (Wildman–Crippen MR) is 117 cm³/mol. The zero-order valence-corrected chi connectivity index (χ0v) is 17.8. The summed E-state index contributed by atoms with van der Waals surface area (Å²) in [6, 6.07) is 9.76. The molecule has 160 valence electrons. The first-order valence-corrected chi connectivity index (χ1v) is 10.7. The Bertz CT molecular complexity index is 903. The molecule has 0 spiro atoms. The van der Waals surface area contributed by atoms with Crippen LogP contribution in [0.1, 0.15) is 40.6 Å². The topological polar surface area (TPSA) is 68.9 Å². The Morgan fingerprint density at radius 3 is 2.77 bits per heavy atom. The Morgan fingerprint density at radius 1 is 1.23 bits per heavy atom. The highest BCUT2D eigenvalue weighted by Crippen LogP contribution is 2.32. The van der Waals surface area contributed by atoms with Gasteiger partial charge in [0.25, 0.3) is 5.91 Å².